The monoisotopic (exact) mass is 378 g/mol. The fraction of sp³-hybridized carbons (Fsp3) is 0. The van der Waals surface area contributed by atoms with Gasteiger partial charge >= 0.3 is 0 Å². The second-order valence-corrected chi connectivity index (χ2v) is 4.01. The predicted octanol–water partition coefficient (Wildman–Crippen LogP) is 3.86. The van der Waals surface area contributed by atoms with Gasteiger partial charge in [-0.25, -0.2) is 0 Å². The van der Waals surface area contributed by atoms with Gasteiger partial charge in [0.1, 0.15) is 0 Å². The lowest BCUT2D eigenvalue weighted by Gasteiger charge is -2.04. The number of nitrogens with one attached hydrogen (secondary N) is 2. The van der Waals surface area contributed by atoms with Crippen LogP contribution in [0.5, 0.6) is 0 Å². The van der Waals surface area contributed by atoms with Gasteiger partial charge in [-0.05, 0) is 34.1 Å². The molecule has 1 rings (SSSR count). The van der Waals surface area contributed by atoms with Crippen LogP contribution in [-0.2, 0) is 0 Å². The van der Waals surface area contributed by atoms with E-state index >= 15 is 0 Å². The number of rotatable bonds is 2. The standard InChI is InChI=1S/C6H5Br3N2.ClH/c7-4-1-2-6(10-11-9)5(8)3-4;/h1-3,10-11H;1H. The van der Waals surface area contributed by atoms with Crippen molar-refractivity contribution < 1.29 is 0 Å². The van der Waals surface area contributed by atoms with Gasteiger partial charge in [0.25, 0.3) is 0 Å². The van der Waals surface area contributed by atoms with Crippen LogP contribution >= 0.6 is 60.4 Å². The molecule has 68 valence electrons. The van der Waals surface area contributed by atoms with Gasteiger partial charge in [-0.15, -0.1) is 12.4 Å². The van der Waals surface area contributed by atoms with Crippen molar-refractivity contribution in [2.45, 2.75) is 0 Å². The van der Waals surface area contributed by atoms with E-state index in [-0.39, 0.29) is 12.4 Å². The molecule has 0 heterocycles. The van der Waals surface area contributed by atoms with Gasteiger partial charge in [-0.2, -0.15) is 4.45 Å². The first-order valence-corrected chi connectivity index (χ1v) is 5.18. The van der Waals surface area contributed by atoms with E-state index < -0.39 is 0 Å². The Morgan fingerprint density at radius 2 is 1.83 bits per heavy atom. The Morgan fingerprint density at radius 3 is 2.33 bits per heavy atom. The highest BCUT2D eigenvalue weighted by atomic mass is 79.9. The van der Waals surface area contributed by atoms with Gasteiger partial charge < -0.3 is 5.43 Å². The lowest BCUT2D eigenvalue weighted by atomic mass is 10.3. The summed E-state index contributed by atoms with van der Waals surface area (Å²) in [6, 6.07) is 5.87. The molecule has 0 aliphatic carbocycles. The number of hydrogen-bond donors (Lipinski definition) is 2. The Bertz CT molecular complexity index is 257. The van der Waals surface area contributed by atoms with Gasteiger partial charge in [0, 0.05) is 25.1 Å². The molecule has 0 unspecified atom stereocenters. The maximum Gasteiger partial charge on any atom is 0.0639 e. The van der Waals surface area contributed by atoms with E-state index in [1.807, 2.05) is 18.2 Å². The Hall–Kier alpha value is 0.710. The second-order valence-electron chi connectivity index (χ2n) is 1.84. The van der Waals surface area contributed by atoms with E-state index in [2.05, 4.69) is 57.9 Å². The molecule has 0 radical (unpaired) electrons. The van der Waals surface area contributed by atoms with Gasteiger partial charge in [0.05, 0.1) is 5.69 Å². The molecule has 2 nitrogen and oxygen atoms in total. The quantitative estimate of drug-likeness (QED) is 0.601. The summed E-state index contributed by atoms with van der Waals surface area (Å²) in [6.45, 7) is 0. The van der Waals surface area contributed by atoms with Crippen molar-refractivity contribution in [3.05, 3.63) is 27.1 Å². The molecule has 0 aromatic heterocycles. The summed E-state index contributed by atoms with van der Waals surface area (Å²) in [6.07, 6.45) is 0. The first-order valence-electron chi connectivity index (χ1n) is 2.80. The lowest BCUT2D eigenvalue weighted by Crippen LogP contribution is -2.07. The predicted molar refractivity (Wildman–Crippen MR) is 64.8 cm³/mol. The summed E-state index contributed by atoms with van der Waals surface area (Å²) in [5.74, 6) is 0. The first-order chi connectivity index (χ1) is 5.24. The number of anilines is 1. The van der Waals surface area contributed by atoms with Crippen molar-refractivity contribution in [1.82, 2.24) is 4.45 Å². The highest BCUT2D eigenvalue weighted by molar-refractivity contribution is 9.11. The summed E-state index contributed by atoms with van der Waals surface area (Å²) in [4.78, 5) is 0. The molecule has 0 aliphatic heterocycles. The molecule has 2 N–H and O–H groups in total. The normalized spacial score (nSPS) is 8.92. The van der Waals surface area contributed by atoms with Crippen molar-refractivity contribution >= 4 is 66.1 Å². The zero-order valence-corrected chi connectivity index (χ0v) is 11.3. The Balaban J connectivity index is 0.00000121. The zero-order chi connectivity index (χ0) is 8.27. The molecule has 0 saturated carbocycles. The lowest BCUT2D eigenvalue weighted by molar-refractivity contribution is 1.24. The fourth-order valence-corrected chi connectivity index (χ4v) is 2.00. The van der Waals surface area contributed by atoms with Crippen molar-refractivity contribution in [3.63, 3.8) is 0 Å². The highest BCUT2D eigenvalue weighted by Gasteiger charge is 1.97. The van der Waals surface area contributed by atoms with Crippen molar-refractivity contribution in [1.29, 1.82) is 0 Å². The Morgan fingerprint density at radius 1 is 1.17 bits per heavy atom. The smallest absolute Gasteiger partial charge is 0.0639 e. The van der Waals surface area contributed by atoms with Crippen LogP contribution in [-0.4, -0.2) is 0 Å². The van der Waals surface area contributed by atoms with Crippen LogP contribution in [0.2, 0.25) is 0 Å². The third-order valence-corrected chi connectivity index (χ3v) is 2.46. The minimum Gasteiger partial charge on any atom is -0.310 e. The molecule has 12 heavy (non-hydrogen) atoms. The van der Waals surface area contributed by atoms with Gasteiger partial charge in [0.2, 0.25) is 0 Å². The Kier molecular flexibility index (Phi) is 6.57. The molecular formula is C6H6Br3ClN2. The number of halogens is 4. The second kappa shape index (κ2) is 6.21. The zero-order valence-electron chi connectivity index (χ0n) is 5.77. The summed E-state index contributed by atoms with van der Waals surface area (Å²) in [5, 5.41) is 0. The molecule has 6 heteroatoms. The van der Waals surface area contributed by atoms with Crippen LogP contribution in [0.15, 0.2) is 27.1 Å². The summed E-state index contributed by atoms with van der Waals surface area (Å²) < 4.78 is 4.71. The molecule has 0 fully saturated rings. The molecular weight excluding hydrogens is 375 g/mol. The van der Waals surface area contributed by atoms with Crippen molar-refractivity contribution in [2.75, 3.05) is 5.43 Å². The molecule has 0 atom stereocenters. The highest BCUT2D eigenvalue weighted by Crippen LogP contribution is 2.25. The molecule has 0 spiro atoms. The average molecular weight is 381 g/mol. The topological polar surface area (TPSA) is 24.1 Å². The van der Waals surface area contributed by atoms with Crippen LogP contribution in [0, 0.1) is 0 Å². The van der Waals surface area contributed by atoms with Crippen molar-refractivity contribution in [3.8, 4) is 0 Å². The van der Waals surface area contributed by atoms with Crippen LogP contribution in [0.1, 0.15) is 0 Å². The molecule has 1 aromatic rings. The van der Waals surface area contributed by atoms with E-state index in [9.17, 15) is 0 Å². The molecule has 0 amide bonds. The van der Waals surface area contributed by atoms with Crippen LogP contribution in [0.3, 0.4) is 0 Å². The Labute approximate surface area is 102 Å². The first kappa shape index (κ1) is 12.7. The summed E-state index contributed by atoms with van der Waals surface area (Å²) in [7, 11) is 0. The number of hydrogen-bond acceptors (Lipinski definition) is 2. The maximum atomic E-state index is 3.39. The SMILES string of the molecule is BrNNc1ccc(Br)cc1Br.Cl. The maximum absolute atomic E-state index is 3.39. The van der Waals surface area contributed by atoms with Crippen LogP contribution in [0.4, 0.5) is 5.69 Å². The fourth-order valence-electron chi connectivity index (χ4n) is 0.642. The molecule has 0 aliphatic rings. The largest absolute Gasteiger partial charge is 0.310 e. The van der Waals surface area contributed by atoms with E-state index in [1.54, 1.807) is 0 Å². The van der Waals surface area contributed by atoms with E-state index in [0.29, 0.717) is 0 Å². The molecule has 0 saturated heterocycles. The van der Waals surface area contributed by atoms with Crippen LogP contribution in [0.25, 0.3) is 0 Å². The minimum atomic E-state index is 0. The van der Waals surface area contributed by atoms with Gasteiger partial charge in [0.15, 0.2) is 0 Å². The third-order valence-electron chi connectivity index (χ3n) is 1.11. The van der Waals surface area contributed by atoms with E-state index in [1.165, 1.54) is 0 Å². The molecule has 0 bridgehead atoms. The molecule has 1 aromatic carbocycles. The van der Waals surface area contributed by atoms with Crippen molar-refractivity contribution in [2.24, 2.45) is 0 Å². The average Bonchev–Trinajstić information content (AvgIpc) is 1.95. The van der Waals surface area contributed by atoms with E-state index in [0.717, 1.165) is 14.6 Å². The number of hydrazine groups is 1. The minimum absolute atomic E-state index is 0. The van der Waals surface area contributed by atoms with Gasteiger partial charge in [-0.3, -0.25) is 0 Å². The van der Waals surface area contributed by atoms with Crippen LogP contribution < -0.4 is 9.88 Å². The number of benzene rings is 1. The summed E-state index contributed by atoms with van der Waals surface area (Å²) >= 11 is 9.80. The summed E-state index contributed by atoms with van der Waals surface area (Å²) in [5.41, 5.74) is 3.88. The third kappa shape index (κ3) is 3.62. The van der Waals surface area contributed by atoms with E-state index in [4.69, 9.17) is 0 Å². The van der Waals surface area contributed by atoms with Gasteiger partial charge in [-0.1, -0.05) is 15.9 Å².